The summed E-state index contributed by atoms with van der Waals surface area (Å²) in [6.07, 6.45) is 3.01. The van der Waals surface area contributed by atoms with Gasteiger partial charge in [-0.3, -0.25) is 10.1 Å². The minimum Gasteiger partial charge on any atom is -0.422 e. The summed E-state index contributed by atoms with van der Waals surface area (Å²) in [6, 6.07) is 13.0. The van der Waals surface area contributed by atoms with E-state index in [1.807, 2.05) is 0 Å². The van der Waals surface area contributed by atoms with E-state index in [1.54, 1.807) is 48.5 Å². The van der Waals surface area contributed by atoms with Crippen molar-refractivity contribution in [3.05, 3.63) is 86.4 Å². The van der Waals surface area contributed by atoms with Crippen molar-refractivity contribution in [1.29, 1.82) is 0 Å². The Morgan fingerprint density at radius 2 is 1.78 bits per heavy atom. The van der Waals surface area contributed by atoms with E-state index in [9.17, 15) is 14.9 Å². The lowest BCUT2D eigenvalue weighted by Crippen LogP contribution is -1.98. The molecule has 3 rings (SSSR count). The van der Waals surface area contributed by atoms with E-state index in [0.29, 0.717) is 21.9 Å². The molecule has 0 aliphatic carbocycles. The van der Waals surface area contributed by atoms with Gasteiger partial charge in [0.2, 0.25) is 0 Å². The largest absolute Gasteiger partial charge is 0.422 e. The van der Waals surface area contributed by atoms with Gasteiger partial charge in [0.1, 0.15) is 5.76 Å². The zero-order valence-electron chi connectivity index (χ0n) is 11.7. The van der Waals surface area contributed by atoms with Crippen LogP contribution >= 0.6 is 11.6 Å². The van der Waals surface area contributed by atoms with Gasteiger partial charge in [-0.15, -0.1) is 0 Å². The van der Waals surface area contributed by atoms with Crippen LogP contribution in [0.4, 0.5) is 5.69 Å². The number of para-hydroxylation sites is 1. The van der Waals surface area contributed by atoms with Gasteiger partial charge in [0.15, 0.2) is 0 Å². The molecule has 0 aromatic heterocycles. The molecule has 0 saturated carbocycles. The molecule has 0 spiro atoms. The van der Waals surface area contributed by atoms with Gasteiger partial charge in [-0.2, -0.15) is 0 Å². The molecule has 5 nitrogen and oxygen atoms in total. The summed E-state index contributed by atoms with van der Waals surface area (Å²) < 4.78 is 5.21. The zero-order valence-corrected chi connectivity index (χ0v) is 12.5. The average Bonchev–Trinajstić information content (AvgIpc) is 2.89. The van der Waals surface area contributed by atoms with Crippen LogP contribution in [0.3, 0.4) is 0 Å². The fourth-order valence-corrected chi connectivity index (χ4v) is 2.31. The highest BCUT2D eigenvalue weighted by Gasteiger charge is 2.23. The first kappa shape index (κ1) is 15.0. The fraction of sp³-hybridized carbons (Fsp3) is 0. The molecular weight excluding hydrogens is 318 g/mol. The third-order valence-electron chi connectivity index (χ3n) is 3.30. The topological polar surface area (TPSA) is 69.4 Å². The Morgan fingerprint density at radius 1 is 1.09 bits per heavy atom. The van der Waals surface area contributed by atoms with Gasteiger partial charge in [-0.1, -0.05) is 23.7 Å². The summed E-state index contributed by atoms with van der Waals surface area (Å²) in [6.45, 7) is 0. The van der Waals surface area contributed by atoms with Gasteiger partial charge in [-0.05, 0) is 42.5 Å². The summed E-state index contributed by atoms with van der Waals surface area (Å²) in [5, 5.41) is 11.6. The number of cyclic esters (lactones) is 1. The van der Waals surface area contributed by atoms with Gasteiger partial charge in [0.05, 0.1) is 16.1 Å². The number of hydrogen-bond acceptors (Lipinski definition) is 4. The van der Waals surface area contributed by atoms with Crippen molar-refractivity contribution in [2.45, 2.75) is 0 Å². The average molecular weight is 328 g/mol. The van der Waals surface area contributed by atoms with Gasteiger partial charge < -0.3 is 4.74 Å². The zero-order chi connectivity index (χ0) is 16.4. The quantitative estimate of drug-likeness (QED) is 0.366. The second-order valence-corrected chi connectivity index (χ2v) is 5.26. The maximum atomic E-state index is 12.0. The van der Waals surface area contributed by atoms with E-state index in [2.05, 4.69) is 0 Å². The standard InChI is InChI=1S/C17H10ClNO4/c18-14-7-5-11(6-8-14)16-10-13(17(20)23-16)9-12-3-1-2-4-15(12)19(21)22/h1-10H/b13-9-. The highest BCUT2D eigenvalue weighted by atomic mass is 35.5. The van der Waals surface area contributed by atoms with Crippen LogP contribution in [-0.4, -0.2) is 10.9 Å². The van der Waals surface area contributed by atoms with Crippen molar-refractivity contribution in [3.63, 3.8) is 0 Å². The summed E-state index contributed by atoms with van der Waals surface area (Å²) in [4.78, 5) is 22.5. The summed E-state index contributed by atoms with van der Waals surface area (Å²) in [5.74, 6) is -0.162. The Kier molecular flexibility index (Phi) is 3.95. The molecule has 2 aromatic rings. The second kappa shape index (κ2) is 6.06. The van der Waals surface area contributed by atoms with E-state index in [1.165, 1.54) is 12.1 Å². The Labute approximate surface area is 136 Å². The molecule has 0 radical (unpaired) electrons. The highest BCUT2D eigenvalue weighted by Crippen LogP contribution is 2.29. The predicted octanol–water partition coefficient (Wildman–Crippen LogP) is 4.23. The fourth-order valence-electron chi connectivity index (χ4n) is 2.19. The molecule has 6 heteroatoms. The number of rotatable bonds is 3. The molecule has 0 N–H and O–H groups in total. The van der Waals surface area contributed by atoms with Crippen molar-refractivity contribution in [1.82, 2.24) is 0 Å². The van der Waals surface area contributed by atoms with Crippen molar-refractivity contribution in [2.24, 2.45) is 0 Å². The van der Waals surface area contributed by atoms with Crippen molar-refractivity contribution in [3.8, 4) is 0 Å². The number of hydrogen-bond donors (Lipinski definition) is 0. The molecule has 0 saturated heterocycles. The number of nitro benzene ring substituents is 1. The first-order valence-corrected chi connectivity index (χ1v) is 7.07. The van der Waals surface area contributed by atoms with Crippen LogP contribution < -0.4 is 0 Å². The Morgan fingerprint density at radius 3 is 2.48 bits per heavy atom. The number of nitro groups is 1. The third-order valence-corrected chi connectivity index (χ3v) is 3.55. The van der Waals surface area contributed by atoms with E-state index in [0.717, 1.165) is 0 Å². The number of carbonyl (C=O) groups is 1. The van der Waals surface area contributed by atoms with Crippen LogP contribution in [0.15, 0.2) is 60.2 Å². The maximum absolute atomic E-state index is 12.0. The normalized spacial score (nSPS) is 15.4. The van der Waals surface area contributed by atoms with Crippen molar-refractivity contribution < 1.29 is 14.5 Å². The SMILES string of the molecule is O=C1OC(c2ccc(Cl)cc2)=C/C1=C/c1ccccc1[N+](=O)[O-]. The Hall–Kier alpha value is -2.92. The van der Waals surface area contributed by atoms with Crippen molar-refractivity contribution in [2.75, 3.05) is 0 Å². The Bertz CT molecular complexity index is 853. The molecule has 1 aliphatic rings. The minimum absolute atomic E-state index is 0.0684. The van der Waals surface area contributed by atoms with Crippen LogP contribution in [0.1, 0.15) is 11.1 Å². The lowest BCUT2D eigenvalue weighted by atomic mass is 10.1. The van der Waals surface area contributed by atoms with Gasteiger partial charge in [-0.25, -0.2) is 4.79 Å². The minimum atomic E-state index is -0.548. The van der Waals surface area contributed by atoms with E-state index in [-0.39, 0.29) is 11.3 Å². The number of benzene rings is 2. The summed E-state index contributed by atoms with van der Waals surface area (Å²) in [5.41, 5.74) is 1.23. The van der Waals surface area contributed by atoms with Crippen LogP contribution in [0.2, 0.25) is 5.02 Å². The smallest absolute Gasteiger partial charge is 0.343 e. The molecule has 0 amide bonds. The van der Waals surface area contributed by atoms with Crippen LogP contribution in [0, 0.1) is 10.1 Å². The number of esters is 1. The van der Waals surface area contributed by atoms with Gasteiger partial charge >= 0.3 is 5.97 Å². The van der Waals surface area contributed by atoms with Crippen LogP contribution in [0.5, 0.6) is 0 Å². The molecule has 0 unspecified atom stereocenters. The van der Waals surface area contributed by atoms with E-state index >= 15 is 0 Å². The molecule has 1 aliphatic heterocycles. The molecule has 23 heavy (non-hydrogen) atoms. The summed E-state index contributed by atoms with van der Waals surface area (Å²) >= 11 is 5.83. The number of nitrogens with zero attached hydrogens (tertiary/aromatic N) is 1. The van der Waals surface area contributed by atoms with E-state index < -0.39 is 10.9 Å². The van der Waals surface area contributed by atoms with Crippen LogP contribution in [0.25, 0.3) is 11.8 Å². The lowest BCUT2D eigenvalue weighted by molar-refractivity contribution is -0.385. The number of ether oxygens (including phenoxy) is 1. The molecule has 0 fully saturated rings. The van der Waals surface area contributed by atoms with E-state index in [4.69, 9.17) is 16.3 Å². The van der Waals surface area contributed by atoms with Gasteiger partial charge in [0.25, 0.3) is 5.69 Å². The first-order chi connectivity index (χ1) is 11.0. The Balaban J connectivity index is 1.99. The predicted molar refractivity (Wildman–Crippen MR) is 86.6 cm³/mol. The number of halogens is 1. The molecule has 0 bridgehead atoms. The van der Waals surface area contributed by atoms with Gasteiger partial charge in [0, 0.05) is 16.7 Å². The highest BCUT2D eigenvalue weighted by molar-refractivity contribution is 6.30. The second-order valence-electron chi connectivity index (χ2n) is 4.82. The maximum Gasteiger partial charge on any atom is 0.343 e. The lowest BCUT2D eigenvalue weighted by Gasteiger charge is -2.01. The monoisotopic (exact) mass is 327 g/mol. The summed E-state index contributed by atoms with van der Waals surface area (Å²) in [7, 11) is 0. The third kappa shape index (κ3) is 3.14. The molecule has 114 valence electrons. The molecular formula is C17H10ClNO4. The van der Waals surface area contributed by atoms with Crippen molar-refractivity contribution >= 4 is 35.1 Å². The molecule has 2 aromatic carbocycles. The molecule has 1 heterocycles. The van der Waals surface area contributed by atoms with Crippen LogP contribution in [-0.2, 0) is 9.53 Å². The number of carbonyl (C=O) groups excluding carboxylic acids is 1. The molecule has 0 atom stereocenters. The first-order valence-electron chi connectivity index (χ1n) is 6.69.